The molecule has 21 heavy (non-hydrogen) atoms. The fourth-order valence-corrected chi connectivity index (χ4v) is 2.47. The number of methoxy groups -OCH3 is 2. The van der Waals surface area contributed by atoms with Crippen LogP contribution >= 0.6 is 11.8 Å². The Bertz CT molecular complexity index is 657. The van der Waals surface area contributed by atoms with Crippen molar-refractivity contribution in [3.63, 3.8) is 0 Å². The molecule has 108 valence electrons. The topological polar surface area (TPSA) is 51.5 Å². The number of benzene rings is 2. The van der Waals surface area contributed by atoms with Crippen molar-refractivity contribution in [2.75, 3.05) is 20.5 Å². The predicted molar refractivity (Wildman–Crippen MR) is 82.6 cm³/mol. The molecule has 0 saturated heterocycles. The van der Waals surface area contributed by atoms with Crippen LogP contribution in [-0.2, 0) is 0 Å². The minimum atomic E-state index is 0.456. The van der Waals surface area contributed by atoms with Gasteiger partial charge in [-0.15, -0.1) is 11.8 Å². The van der Waals surface area contributed by atoms with Crippen LogP contribution in [0, 0.1) is 11.3 Å². The van der Waals surface area contributed by atoms with Crippen LogP contribution in [0.3, 0.4) is 0 Å². The van der Waals surface area contributed by atoms with Gasteiger partial charge in [0.05, 0.1) is 14.2 Å². The number of nitriles is 1. The standard InChI is InChI=1S/C16H15NO3S/c1-18-13-7-4-8-14(19-2)16(13)20-12-6-5-9-15(21-3)11(12)10-17/h4-9H,1-3H3. The minimum absolute atomic E-state index is 0.456. The van der Waals surface area contributed by atoms with Gasteiger partial charge in [0.25, 0.3) is 0 Å². The van der Waals surface area contributed by atoms with Crippen molar-refractivity contribution in [1.82, 2.24) is 0 Å². The van der Waals surface area contributed by atoms with E-state index in [0.29, 0.717) is 28.6 Å². The van der Waals surface area contributed by atoms with Gasteiger partial charge in [0.2, 0.25) is 5.75 Å². The summed E-state index contributed by atoms with van der Waals surface area (Å²) in [5, 5.41) is 9.36. The van der Waals surface area contributed by atoms with E-state index >= 15 is 0 Å². The number of rotatable bonds is 5. The van der Waals surface area contributed by atoms with Crippen molar-refractivity contribution in [1.29, 1.82) is 5.26 Å². The van der Waals surface area contributed by atoms with Crippen LogP contribution in [0.1, 0.15) is 5.56 Å². The summed E-state index contributed by atoms with van der Waals surface area (Å²) in [5.74, 6) is 2.03. The molecule has 2 aromatic rings. The molecule has 2 rings (SSSR count). The molecule has 5 heteroatoms. The maximum atomic E-state index is 9.36. The van der Waals surface area contributed by atoms with Crippen LogP contribution < -0.4 is 14.2 Å². The average Bonchev–Trinajstić information content (AvgIpc) is 2.54. The van der Waals surface area contributed by atoms with Gasteiger partial charge >= 0.3 is 0 Å². The van der Waals surface area contributed by atoms with Crippen LogP contribution in [0.25, 0.3) is 0 Å². The molecular formula is C16H15NO3S. The molecule has 4 nitrogen and oxygen atoms in total. The van der Waals surface area contributed by atoms with Gasteiger partial charge in [-0.2, -0.15) is 5.26 Å². The lowest BCUT2D eigenvalue weighted by atomic mass is 10.2. The van der Waals surface area contributed by atoms with Crippen LogP contribution in [0.4, 0.5) is 0 Å². The van der Waals surface area contributed by atoms with Gasteiger partial charge in [-0.05, 0) is 30.5 Å². The monoisotopic (exact) mass is 301 g/mol. The predicted octanol–water partition coefficient (Wildman–Crippen LogP) is 4.09. The summed E-state index contributed by atoms with van der Waals surface area (Å²) < 4.78 is 16.5. The molecule has 2 aromatic carbocycles. The Balaban J connectivity index is 2.51. The van der Waals surface area contributed by atoms with E-state index in [1.165, 1.54) is 11.8 Å². The van der Waals surface area contributed by atoms with Crippen LogP contribution in [0.5, 0.6) is 23.0 Å². The van der Waals surface area contributed by atoms with Gasteiger partial charge in [0.1, 0.15) is 17.4 Å². The minimum Gasteiger partial charge on any atom is -0.493 e. The van der Waals surface area contributed by atoms with Gasteiger partial charge < -0.3 is 14.2 Å². The van der Waals surface area contributed by atoms with Crippen molar-refractivity contribution in [2.24, 2.45) is 0 Å². The fourth-order valence-electron chi connectivity index (χ4n) is 1.90. The maximum absolute atomic E-state index is 9.36. The molecule has 0 fully saturated rings. The van der Waals surface area contributed by atoms with Crippen LogP contribution in [0.2, 0.25) is 0 Å². The second-order valence-electron chi connectivity index (χ2n) is 4.04. The summed E-state index contributed by atoms with van der Waals surface area (Å²) in [7, 11) is 3.12. The largest absolute Gasteiger partial charge is 0.493 e. The number of hydrogen-bond acceptors (Lipinski definition) is 5. The fraction of sp³-hybridized carbons (Fsp3) is 0.188. The van der Waals surface area contributed by atoms with Gasteiger partial charge in [0.15, 0.2) is 11.5 Å². The van der Waals surface area contributed by atoms with Crippen molar-refractivity contribution >= 4 is 11.8 Å². The lowest BCUT2D eigenvalue weighted by Crippen LogP contribution is -1.96. The van der Waals surface area contributed by atoms with Crippen molar-refractivity contribution in [2.45, 2.75) is 4.90 Å². The second-order valence-corrected chi connectivity index (χ2v) is 4.89. The zero-order valence-electron chi connectivity index (χ0n) is 12.0. The van der Waals surface area contributed by atoms with E-state index in [-0.39, 0.29) is 0 Å². The summed E-state index contributed by atoms with van der Waals surface area (Å²) >= 11 is 1.50. The third kappa shape index (κ3) is 3.06. The summed E-state index contributed by atoms with van der Waals surface area (Å²) in [6.07, 6.45) is 1.92. The Kier molecular flexibility index (Phi) is 4.96. The molecule has 0 aliphatic heterocycles. The molecule has 0 aliphatic carbocycles. The Morgan fingerprint density at radius 2 is 1.52 bits per heavy atom. The first kappa shape index (κ1) is 15.1. The third-order valence-electron chi connectivity index (χ3n) is 2.91. The first-order valence-corrected chi connectivity index (χ1v) is 7.43. The summed E-state index contributed by atoms with van der Waals surface area (Å²) in [6.45, 7) is 0. The number of para-hydroxylation sites is 1. The summed E-state index contributed by atoms with van der Waals surface area (Å²) in [6, 6.07) is 13.0. The Morgan fingerprint density at radius 1 is 0.952 bits per heavy atom. The highest BCUT2D eigenvalue weighted by Gasteiger charge is 2.16. The third-order valence-corrected chi connectivity index (χ3v) is 3.69. The smallest absolute Gasteiger partial charge is 0.211 e. The van der Waals surface area contributed by atoms with Gasteiger partial charge in [-0.3, -0.25) is 0 Å². The maximum Gasteiger partial charge on any atom is 0.211 e. The molecule has 0 saturated carbocycles. The number of thioether (sulfide) groups is 1. The quantitative estimate of drug-likeness (QED) is 0.779. The van der Waals surface area contributed by atoms with Crippen LogP contribution in [-0.4, -0.2) is 20.5 Å². The molecule has 0 amide bonds. The average molecular weight is 301 g/mol. The molecule has 0 aliphatic rings. The van der Waals surface area contributed by atoms with Crippen LogP contribution in [0.15, 0.2) is 41.3 Å². The first-order chi connectivity index (χ1) is 10.2. The molecule has 0 bridgehead atoms. The van der Waals surface area contributed by atoms with Crippen molar-refractivity contribution in [3.8, 4) is 29.1 Å². The van der Waals surface area contributed by atoms with Gasteiger partial charge in [-0.1, -0.05) is 12.1 Å². The molecule has 0 atom stereocenters. The van der Waals surface area contributed by atoms with E-state index in [1.807, 2.05) is 24.5 Å². The first-order valence-electron chi connectivity index (χ1n) is 6.21. The second kappa shape index (κ2) is 6.91. The van der Waals surface area contributed by atoms with E-state index in [0.717, 1.165) is 4.90 Å². The van der Waals surface area contributed by atoms with Crippen molar-refractivity contribution in [3.05, 3.63) is 42.0 Å². The van der Waals surface area contributed by atoms with E-state index in [4.69, 9.17) is 14.2 Å². The van der Waals surface area contributed by atoms with Gasteiger partial charge in [-0.25, -0.2) is 0 Å². The number of hydrogen-bond donors (Lipinski definition) is 0. The lowest BCUT2D eigenvalue weighted by molar-refractivity contribution is 0.346. The highest BCUT2D eigenvalue weighted by Crippen LogP contribution is 2.41. The van der Waals surface area contributed by atoms with E-state index < -0.39 is 0 Å². The number of nitrogens with zero attached hydrogens (tertiary/aromatic N) is 1. The Morgan fingerprint density at radius 3 is 2.05 bits per heavy atom. The Hall–Kier alpha value is -2.32. The SMILES string of the molecule is COc1cccc(OC)c1Oc1cccc(SC)c1C#N. The molecule has 0 radical (unpaired) electrons. The van der Waals surface area contributed by atoms with E-state index in [2.05, 4.69) is 6.07 Å². The summed E-state index contributed by atoms with van der Waals surface area (Å²) in [4.78, 5) is 0.865. The van der Waals surface area contributed by atoms with Gasteiger partial charge in [0, 0.05) is 4.90 Å². The normalized spacial score (nSPS) is 9.81. The van der Waals surface area contributed by atoms with E-state index in [1.54, 1.807) is 32.4 Å². The molecule has 0 N–H and O–H groups in total. The molecule has 0 heterocycles. The van der Waals surface area contributed by atoms with Crippen molar-refractivity contribution < 1.29 is 14.2 Å². The zero-order valence-corrected chi connectivity index (χ0v) is 12.9. The molecular weight excluding hydrogens is 286 g/mol. The number of ether oxygens (including phenoxy) is 3. The molecule has 0 spiro atoms. The molecule has 0 aromatic heterocycles. The Labute approximate surface area is 128 Å². The highest BCUT2D eigenvalue weighted by atomic mass is 32.2. The summed E-state index contributed by atoms with van der Waals surface area (Å²) in [5.41, 5.74) is 0.498. The highest BCUT2D eigenvalue weighted by molar-refractivity contribution is 7.98. The molecule has 0 unspecified atom stereocenters. The van der Waals surface area contributed by atoms with E-state index in [9.17, 15) is 5.26 Å². The zero-order chi connectivity index (χ0) is 15.2. The lowest BCUT2D eigenvalue weighted by Gasteiger charge is -2.15.